The number of hydrogen-bond acceptors (Lipinski definition) is 2. The van der Waals surface area contributed by atoms with Crippen LogP contribution in [-0.4, -0.2) is 13.7 Å². The van der Waals surface area contributed by atoms with Crippen molar-refractivity contribution in [1.29, 1.82) is 0 Å². The summed E-state index contributed by atoms with van der Waals surface area (Å²) in [6.45, 7) is 7.62. The Kier molecular flexibility index (Phi) is 5.03. The minimum atomic E-state index is -0.0358. The summed E-state index contributed by atoms with van der Waals surface area (Å²) in [5.41, 5.74) is 2.49. The first-order valence-corrected chi connectivity index (χ1v) is 7.53. The molecular weight excluding hydrogens is 258 g/mol. The van der Waals surface area contributed by atoms with E-state index in [4.69, 9.17) is 4.74 Å². The lowest BCUT2D eigenvalue weighted by Crippen LogP contribution is -2.37. The predicted molar refractivity (Wildman–Crippen MR) is 88.9 cm³/mol. The van der Waals surface area contributed by atoms with Crippen LogP contribution < -0.4 is 10.1 Å². The van der Waals surface area contributed by atoms with Gasteiger partial charge in [0, 0.05) is 17.0 Å². The molecule has 1 atom stereocenters. The number of benzene rings is 2. The number of nitrogens with one attached hydrogen (secondary N) is 1. The van der Waals surface area contributed by atoms with E-state index in [9.17, 15) is 0 Å². The van der Waals surface area contributed by atoms with E-state index in [0.717, 1.165) is 12.3 Å². The van der Waals surface area contributed by atoms with Crippen LogP contribution in [0.25, 0.3) is 0 Å². The third-order valence-corrected chi connectivity index (χ3v) is 4.10. The van der Waals surface area contributed by atoms with Crippen LogP contribution in [0.15, 0.2) is 54.6 Å². The molecule has 2 nitrogen and oxygen atoms in total. The van der Waals surface area contributed by atoms with Crippen LogP contribution in [-0.2, 0) is 5.41 Å². The van der Waals surface area contributed by atoms with Crippen LogP contribution in [0, 0.1) is 0 Å². The zero-order chi connectivity index (χ0) is 15.3. The third kappa shape index (κ3) is 3.27. The fourth-order valence-electron chi connectivity index (χ4n) is 2.90. The summed E-state index contributed by atoms with van der Waals surface area (Å²) < 4.78 is 5.56. The van der Waals surface area contributed by atoms with Crippen LogP contribution in [0.1, 0.15) is 37.9 Å². The highest BCUT2D eigenvalue weighted by atomic mass is 16.5. The van der Waals surface area contributed by atoms with Crippen molar-refractivity contribution < 1.29 is 4.74 Å². The summed E-state index contributed by atoms with van der Waals surface area (Å²) in [6.07, 6.45) is 0. The summed E-state index contributed by atoms with van der Waals surface area (Å²) >= 11 is 0. The Morgan fingerprint density at radius 1 is 1.00 bits per heavy atom. The fourth-order valence-corrected chi connectivity index (χ4v) is 2.90. The molecule has 0 aliphatic heterocycles. The summed E-state index contributed by atoms with van der Waals surface area (Å²) in [6, 6.07) is 19.1. The molecule has 0 bridgehead atoms. The van der Waals surface area contributed by atoms with Crippen molar-refractivity contribution in [2.24, 2.45) is 0 Å². The van der Waals surface area contributed by atoms with Gasteiger partial charge < -0.3 is 10.1 Å². The lowest BCUT2D eigenvalue weighted by Gasteiger charge is -2.36. The van der Waals surface area contributed by atoms with E-state index in [1.165, 1.54) is 11.1 Å². The topological polar surface area (TPSA) is 21.3 Å². The average molecular weight is 283 g/mol. The van der Waals surface area contributed by atoms with Gasteiger partial charge in [-0.2, -0.15) is 0 Å². The zero-order valence-corrected chi connectivity index (χ0v) is 13.4. The molecule has 2 aromatic carbocycles. The molecule has 0 saturated carbocycles. The second kappa shape index (κ2) is 6.77. The van der Waals surface area contributed by atoms with E-state index < -0.39 is 0 Å². The first-order chi connectivity index (χ1) is 10.1. The molecule has 0 radical (unpaired) electrons. The van der Waals surface area contributed by atoms with E-state index in [1.54, 1.807) is 7.11 Å². The monoisotopic (exact) mass is 283 g/mol. The van der Waals surface area contributed by atoms with Gasteiger partial charge in [-0.25, -0.2) is 0 Å². The van der Waals surface area contributed by atoms with Crippen LogP contribution in [0.2, 0.25) is 0 Å². The average Bonchev–Trinajstić information content (AvgIpc) is 2.53. The van der Waals surface area contributed by atoms with Crippen LogP contribution >= 0.6 is 0 Å². The van der Waals surface area contributed by atoms with Crippen molar-refractivity contribution >= 4 is 0 Å². The van der Waals surface area contributed by atoms with Gasteiger partial charge in [0.25, 0.3) is 0 Å². The van der Waals surface area contributed by atoms with Crippen molar-refractivity contribution in [3.8, 4) is 5.75 Å². The van der Waals surface area contributed by atoms with E-state index >= 15 is 0 Å². The maximum atomic E-state index is 5.56. The molecule has 0 saturated heterocycles. The lowest BCUT2D eigenvalue weighted by molar-refractivity contribution is 0.334. The highest BCUT2D eigenvalue weighted by molar-refractivity contribution is 5.40. The number of ether oxygens (including phenoxy) is 1. The predicted octanol–water partition coefficient (Wildman–Crippen LogP) is 4.32. The molecule has 0 heterocycles. The normalized spacial score (nSPS) is 13.0. The van der Waals surface area contributed by atoms with Gasteiger partial charge in [0.1, 0.15) is 5.75 Å². The number of rotatable bonds is 6. The van der Waals surface area contributed by atoms with Crippen LogP contribution in [0.5, 0.6) is 5.75 Å². The Labute approximate surface area is 128 Å². The van der Waals surface area contributed by atoms with Gasteiger partial charge in [-0.1, -0.05) is 69.3 Å². The molecule has 112 valence electrons. The first-order valence-electron chi connectivity index (χ1n) is 7.53. The van der Waals surface area contributed by atoms with Gasteiger partial charge in [-0.15, -0.1) is 0 Å². The summed E-state index contributed by atoms with van der Waals surface area (Å²) in [7, 11) is 1.73. The Morgan fingerprint density at radius 3 is 2.24 bits per heavy atom. The van der Waals surface area contributed by atoms with Crippen molar-refractivity contribution in [2.75, 3.05) is 13.7 Å². The third-order valence-electron chi connectivity index (χ3n) is 4.10. The van der Waals surface area contributed by atoms with E-state index in [2.05, 4.69) is 68.6 Å². The summed E-state index contributed by atoms with van der Waals surface area (Å²) in [5.74, 6) is 0.937. The van der Waals surface area contributed by atoms with Crippen LogP contribution in [0.4, 0.5) is 0 Å². The molecule has 2 heteroatoms. The number of methoxy groups -OCH3 is 1. The molecule has 0 aliphatic carbocycles. The Bertz CT molecular complexity index is 563. The standard InChI is InChI=1S/C19H25NO/c1-5-20-18(16-13-9-10-14-17(16)21-4)19(2,3)15-11-7-6-8-12-15/h6-14,18,20H,5H2,1-4H3. The molecular formula is C19H25NO. The fraction of sp³-hybridized carbons (Fsp3) is 0.368. The lowest BCUT2D eigenvalue weighted by atomic mass is 9.74. The second-order valence-corrected chi connectivity index (χ2v) is 5.82. The van der Waals surface area contributed by atoms with Gasteiger partial charge in [0.15, 0.2) is 0 Å². The van der Waals surface area contributed by atoms with Gasteiger partial charge in [0.2, 0.25) is 0 Å². The summed E-state index contributed by atoms with van der Waals surface area (Å²) in [4.78, 5) is 0. The Hall–Kier alpha value is -1.80. The van der Waals surface area contributed by atoms with E-state index in [1.807, 2.05) is 12.1 Å². The molecule has 0 spiro atoms. The smallest absolute Gasteiger partial charge is 0.123 e. The highest BCUT2D eigenvalue weighted by Gasteiger charge is 2.33. The quantitative estimate of drug-likeness (QED) is 0.852. The molecule has 1 unspecified atom stereocenters. The molecule has 2 aromatic rings. The van der Waals surface area contributed by atoms with Crippen molar-refractivity contribution in [1.82, 2.24) is 5.32 Å². The molecule has 0 aliphatic rings. The highest BCUT2D eigenvalue weighted by Crippen LogP contribution is 2.40. The number of para-hydroxylation sites is 1. The Morgan fingerprint density at radius 2 is 1.62 bits per heavy atom. The van der Waals surface area contributed by atoms with E-state index in [0.29, 0.717) is 0 Å². The SMILES string of the molecule is CCNC(c1ccccc1OC)C(C)(C)c1ccccc1. The molecule has 2 rings (SSSR count). The van der Waals surface area contributed by atoms with E-state index in [-0.39, 0.29) is 11.5 Å². The molecule has 0 amide bonds. The van der Waals surface area contributed by atoms with Crippen molar-refractivity contribution in [3.05, 3.63) is 65.7 Å². The molecule has 0 fully saturated rings. The number of likely N-dealkylation sites (N-methyl/N-ethyl adjacent to an activating group) is 1. The van der Waals surface area contributed by atoms with Gasteiger partial charge in [-0.3, -0.25) is 0 Å². The molecule has 1 N–H and O–H groups in total. The maximum absolute atomic E-state index is 5.56. The van der Waals surface area contributed by atoms with Crippen molar-refractivity contribution in [2.45, 2.75) is 32.2 Å². The van der Waals surface area contributed by atoms with Gasteiger partial charge >= 0.3 is 0 Å². The van der Waals surface area contributed by atoms with Gasteiger partial charge in [-0.05, 0) is 18.2 Å². The summed E-state index contributed by atoms with van der Waals surface area (Å²) in [5, 5.41) is 3.63. The minimum absolute atomic E-state index is 0.0358. The maximum Gasteiger partial charge on any atom is 0.123 e. The second-order valence-electron chi connectivity index (χ2n) is 5.82. The van der Waals surface area contributed by atoms with Gasteiger partial charge in [0.05, 0.1) is 7.11 Å². The van der Waals surface area contributed by atoms with Crippen LogP contribution in [0.3, 0.4) is 0 Å². The minimum Gasteiger partial charge on any atom is -0.496 e. The van der Waals surface area contributed by atoms with Crippen molar-refractivity contribution in [3.63, 3.8) is 0 Å². The first kappa shape index (κ1) is 15.6. The molecule has 21 heavy (non-hydrogen) atoms. The largest absolute Gasteiger partial charge is 0.496 e. The molecule has 0 aromatic heterocycles. The Balaban J connectivity index is 2.47. The zero-order valence-electron chi connectivity index (χ0n) is 13.4. The number of hydrogen-bond donors (Lipinski definition) is 1.